The molecule has 3 amide bonds. The number of rotatable bonds is 7. The molecule has 1 aromatic rings. The third kappa shape index (κ3) is 5.79. The van der Waals surface area contributed by atoms with Gasteiger partial charge in [-0.05, 0) is 31.9 Å². The summed E-state index contributed by atoms with van der Waals surface area (Å²) < 4.78 is 10.2. The highest BCUT2D eigenvalue weighted by atomic mass is 16.6. The summed E-state index contributed by atoms with van der Waals surface area (Å²) in [4.78, 5) is 39.1. The molecule has 1 aromatic heterocycles. The van der Waals surface area contributed by atoms with Crippen LogP contribution in [0, 0.1) is 0 Å². The van der Waals surface area contributed by atoms with Crippen LogP contribution in [0.15, 0.2) is 22.8 Å². The van der Waals surface area contributed by atoms with Gasteiger partial charge >= 0.3 is 6.09 Å². The molecule has 0 aromatic carbocycles. The van der Waals surface area contributed by atoms with E-state index in [-0.39, 0.29) is 30.4 Å². The van der Waals surface area contributed by atoms with Gasteiger partial charge in [-0.25, -0.2) is 4.79 Å². The maximum Gasteiger partial charge on any atom is 0.409 e. The van der Waals surface area contributed by atoms with Crippen LogP contribution in [0.2, 0.25) is 0 Å². The van der Waals surface area contributed by atoms with Crippen LogP contribution in [0.1, 0.15) is 38.9 Å². The van der Waals surface area contributed by atoms with E-state index in [4.69, 9.17) is 9.15 Å². The van der Waals surface area contributed by atoms with E-state index in [9.17, 15) is 14.4 Å². The van der Waals surface area contributed by atoms with E-state index < -0.39 is 0 Å². The Morgan fingerprint density at radius 3 is 2.65 bits per heavy atom. The van der Waals surface area contributed by atoms with Crippen molar-refractivity contribution in [3.8, 4) is 0 Å². The van der Waals surface area contributed by atoms with Crippen LogP contribution in [-0.2, 0) is 20.9 Å². The molecule has 1 N–H and O–H groups in total. The Morgan fingerprint density at radius 1 is 1.35 bits per heavy atom. The van der Waals surface area contributed by atoms with Gasteiger partial charge in [-0.2, -0.15) is 0 Å². The molecule has 1 aliphatic rings. The number of amides is 3. The molecule has 8 heteroatoms. The summed E-state index contributed by atoms with van der Waals surface area (Å²) in [5.74, 6) is 0.503. The highest BCUT2D eigenvalue weighted by molar-refractivity contribution is 5.78. The molecule has 26 heavy (non-hydrogen) atoms. The van der Waals surface area contributed by atoms with E-state index in [2.05, 4.69) is 5.32 Å². The number of likely N-dealkylation sites (tertiary alicyclic amines) is 1. The minimum absolute atomic E-state index is 0.0380. The van der Waals surface area contributed by atoms with Crippen molar-refractivity contribution < 1.29 is 23.5 Å². The number of nitrogens with one attached hydrogen (secondary N) is 1. The van der Waals surface area contributed by atoms with Crippen LogP contribution in [0.25, 0.3) is 0 Å². The first-order valence-electron chi connectivity index (χ1n) is 8.99. The molecule has 1 aliphatic heterocycles. The lowest BCUT2D eigenvalue weighted by Gasteiger charge is -2.37. The molecule has 0 atom stereocenters. The van der Waals surface area contributed by atoms with Crippen molar-refractivity contribution >= 4 is 17.9 Å². The fourth-order valence-corrected chi connectivity index (χ4v) is 3.08. The van der Waals surface area contributed by atoms with Gasteiger partial charge < -0.3 is 24.3 Å². The zero-order valence-electron chi connectivity index (χ0n) is 15.4. The number of carbonyl (C=O) groups excluding carboxylic acids is 3. The topological polar surface area (TPSA) is 92.1 Å². The Morgan fingerprint density at radius 2 is 2.08 bits per heavy atom. The molecule has 1 fully saturated rings. The molecule has 0 unspecified atom stereocenters. The maximum atomic E-state index is 12.0. The van der Waals surface area contributed by atoms with Crippen molar-refractivity contribution in [1.82, 2.24) is 15.1 Å². The predicted molar refractivity (Wildman–Crippen MR) is 94.2 cm³/mol. The second-order valence-corrected chi connectivity index (χ2v) is 6.24. The van der Waals surface area contributed by atoms with Crippen molar-refractivity contribution in [2.45, 2.75) is 45.7 Å². The Hall–Kier alpha value is -2.51. The molecule has 0 bridgehead atoms. The molecular formula is C18H27N3O5. The normalized spacial score (nSPS) is 14.8. The largest absolute Gasteiger partial charge is 0.467 e. The maximum absolute atomic E-state index is 12.0. The third-order valence-electron chi connectivity index (χ3n) is 4.46. The van der Waals surface area contributed by atoms with Gasteiger partial charge in [0.25, 0.3) is 0 Å². The number of piperidine rings is 1. The van der Waals surface area contributed by atoms with Crippen LogP contribution in [0.5, 0.6) is 0 Å². The Bertz CT molecular complexity index is 594. The van der Waals surface area contributed by atoms with E-state index in [0.29, 0.717) is 51.4 Å². The van der Waals surface area contributed by atoms with Gasteiger partial charge in [-0.15, -0.1) is 0 Å². The van der Waals surface area contributed by atoms with Gasteiger partial charge in [0.15, 0.2) is 0 Å². The summed E-state index contributed by atoms with van der Waals surface area (Å²) in [6, 6.07) is 3.59. The molecule has 2 rings (SSSR count). The van der Waals surface area contributed by atoms with Crippen LogP contribution in [-0.4, -0.2) is 60.0 Å². The van der Waals surface area contributed by atoms with Crippen molar-refractivity contribution in [2.24, 2.45) is 0 Å². The number of furan rings is 1. The van der Waals surface area contributed by atoms with E-state index in [1.54, 1.807) is 35.1 Å². The van der Waals surface area contributed by atoms with Crippen molar-refractivity contribution in [2.75, 3.05) is 26.2 Å². The highest BCUT2D eigenvalue weighted by Crippen LogP contribution is 2.18. The fraction of sp³-hybridized carbons (Fsp3) is 0.611. The SMILES string of the molecule is CCOC(=O)N1CCC(N(CCC(=O)NCc2ccco2)C(C)=O)CC1. The second kappa shape index (κ2) is 9.84. The van der Waals surface area contributed by atoms with E-state index in [0.717, 1.165) is 0 Å². The fourth-order valence-electron chi connectivity index (χ4n) is 3.08. The molecular weight excluding hydrogens is 338 g/mol. The Labute approximate surface area is 153 Å². The summed E-state index contributed by atoms with van der Waals surface area (Å²) in [6.45, 7) is 5.45. The molecule has 0 radical (unpaired) electrons. The molecule has 0 aliphatic carbocycles. The Balaban J connectivity index is 1.77. The minimum atomic E-state index is -0.308. The second-order valence-electron chi connectivity index (χ2n) is 6.24. The summed E-state index contributed by atoms with van der Waals surface area (Å²) >= 11 is 0. The summed E-state index contributed by atoms with van der Waals surface area (Å²) in [6.07, 6.45) is 2.86. The average Bonchev–Trinajstić information content (AvgIpc) is 3.14. The quantitative estimate of drug-likeness (QED) is 0.795. The van der Waals surface area contributed by atoms with Gasteiger partial charge in [0, 0.05) is 39.0 Å². The number of carbonyl (C=O) groups is 3. The first kappa shape index (κ1) is 19.8. The highest BCUT2D eigenvalue weighted by Gasteiger charge is 2.28. The average molecular weight is 365 g/mol. The van der Waals surface area contributed by atoms with Crippen molar-refractivity contribution in [1.29, 1.82) is 0 Å². The number of nitrogens with zero attached hydrogens (tertiary/aromatic N) is 2. The van der Waals surface area contributed by atoms with E-state index in [1.807, 2.05) is 0 Å². The lowest BCUT2D eigenvalue weighted by atomic mass is 10.0. The van der Waals surface area contributed by atoms with Gasteiger partial charge in [0.2, 0.25) is 11.8 Å². The first-order valence-corrected chi connectivity index (χ1v) is 8.99. The molecule has 0 saturated carbocycles. The lowest BCUT2D eigenvalue weighted by Crippen LogP contribution is -2.49. The van der Waals surface area contributed by atoms with Gasteiger partial charge in [0.05, 0.1) is 19.4 Å². The molecule has 2 heterocycles. The standard InChI is InChI=1S/C18H27N3O5/c1-3-25-18(24)20-9-6-15(7-10-20)21(14(2)22)11-8-17(23)19-13-16-5-4-12-26-16/h4-5,12,15H,3,6-11,13H2,1-2H3,(H,19,23). The predicted octanol–water partition coefficient (Wildman–Crippen LogP) is 1.76. The lowest BCUT2D eigenvalue weighted by molar-refractivity contribution is -0.132. The van der Waals surface area contributed by atoms with Crippen molar-refractivity contribution in [3.63, 3.8) is 0 Å². The molecule has 8 nitrogen and oxygen atoms in total. The van der Waals surface area contributed by atoms with Crippen LogP contribution >= 0.6 is 0 Å². The van der Waals surface area contributed by atoms with Crippen LogP contribution < -0.4 is 5.32 Å². The van der Waals surface area contributed by atoms with Gasteiger partial charge in [0.1, 0.15) is 5.76 Å². The van der Waals surface area contributed by atoms with Crippen LogP contribution in [0.4, 0.5) is 4.79 Å². The number of hydrogen-bond donors (Lipinski definition) is 1. The molecule has 0 spiro atoms. The zero-order chi connectivity index (χ0) is 18.9. The monoisotopic (exact) mass is 365 g/mol. The van der Waals surface area contributed by atoms with Gasteiger partial charge in [-0.3, -0.25) is 9.59 Å². The molecule has 144 valence electrons. The van der Waals surface area contributed by atoms with Gasteiger partial charge in [-0.1, -0.05) is 0 Å². The summed E-state index contributed by atoms with van der Waals surface area (Å²) in [5.41, 5.74) is 0. The van der Waals surface area contributed by atoms with E-state index in [1.165, 1.54) is 6.92 Å². The van der Waals surface area contributed by atoms with E-state index >= 15 is 0 Å². The number of ether oxygens (including phenoxy) is 1. The molecule has 1 saturated heterocycles. The number of hydrogen-bond acceptors (Lipinski definition) is 5. The smallest absolute Gasteiger partial charge is 0.409 e. The van der Waals surface area contributed by atoms with Crippen molar-refractivity contribution in [3.05, 3.63) is 24.2 Å². The Kier molecular flexibility index (Phi) is 7.50. The zero-order valence-corrected chi connectivity index (χ0v) is 15.4. The third-order valence-corrected chi connectivity index (χ3v) is 4.46. The minimum Gasteiger partial charge on any atom is -0.467 e. The van der Waals surface area contributed by atoms with Crippen LogP contribution in [0.3, 0.4) is 0 Å². The first-order chi connectivity index (χ1) is 12.5. The summed E-state index contributed by atoms with van der Waals surface area (Å²) in [5, 5.41) is 2.78. The summed E-state index contributed by atoms with van der Waals surface area (Å²) in [7, 11) is 0.